The fourth-order valence-electron chi connectivity index (χ4n) is 3.30. The maximum atomic E-state index is 12.5. The molecule has 3 rings (SSSR count). The highest BCUT2D eigenvalue weighted by Crippen LogP contribution is 2.39. The van der Waals surface area contributed by atoms with Crippen molar-refractivity contribution in [2.45, 2.75) is 64.7 Å². The summed E-state index contributed by atoms with van der Waals surface area (Å²) >= 11 is 0. The van der Waals surface area contributed by atoms with Crippen molar-refractivity contribution in [1.29, 1.82) is 0 Å². The molecule has 1 saturated carbocycles. The number of benzene rings is 1. The lowest BCUT2D eigenvalue weighted by molar-refractivity contribution is -0.132. The molecule has 3 nitrogen and oxygen atoms in total. The Hall–Kier alpha value is -1.35. The van der Waals surface area contributed by atoms with E-state index in [4.69, 9.17) is 0 Å². The lowest BCUT2D eigenvalue weighted by Crippen LogP contribution is -2.39. The van der Waals surface area contributed by atoms with Crippen LogP contribution in [0.15, 0.2) is 24.3 Å². The van der Waals surface area contributed by atoms with Crippen LogP contribution in [0.3, 0.4) is 0 Å². The third kappa shape index (κ3) is 2.71. The Kier molecular flexibility index (Phi) is 3.78. The van der Waals surface area contributed by atoms with E-state index in [1.165, 1.54) is 24.0 Å². The number of rotatable bonds is 4. The fourth-order valence-corrected chi connectivity index (χ4v) is 3.30. The van der Waals surface area contributed by atoms with Gasteiger partial charge in [-0.3, -0.25) is 10.1 Å². The van der Waals surface area contributed by atoms with E-state index in [1.54, 1.807) is 0 Å². The molecule has 114 valence electrons. The highest BCUT2D eigenvalue weighted by Gasteiger charge is 2.44. The van der Waals surface area contributed by atoms with Gasteiger partial charge in [0.2, 0.25) is 5.91 Å². The zero-order chi connectivity index (χ0) is 15.1. The lowest BCUT2D eigenvalue weighted by Gasteiger charge is -2.31. The van der Waals surface area contributed by atoms with Gasteiger partial charge in [0.25, 0.3) is 0 Å². The van der Waals surface area contributed by atoms with Crippen molar-refractivity contribution in [2.75, 3.05) is 0 Å². The summed E-state index contributed by atoms with van der Waals surface area (Å²) in [6, 6.07) is 8.98. The van der Waals surface area contributed by atoms with Gasteiger partial charge in [0.05, 0.1) is 6.04 Å². The first-order valence-electron chi connectivity index (χ1n) is 8.17. The number of carbonyl (C=O) groups is 1. The molecule has 1 N–H and O–H groups in total. The van der Waals surface area contributed by atoms with Crippen LogP contribution in [0.25, 0.3) is 0 Å². The third-order valence-electron chi connectivity index (χ3n) is 4.97. The van der Waals surface area contributed by atoms with Crippen LogP contribution in [0.5, 0.6) is 0 Å². The molecule has 0 radical (unpaired) electrons. The quantitative estimate of drug-likeness (QED) is 0.919. The molecule has 1 aromatic carbocycles. The molecule has 1 amide bonds. The first-order chi connectivity index (χ1) is 9.99. The van der Waals surface area contributed by atoms with Gasteiger partial charge in [0.15, 0.2) is 0 Å². The number of hydrogen-bond donors (Lipinski definition) is 1. The molecule has 0 aromatic heterocycles. The number of nitrogens with zero attached hydrogens (tertiary/aromatic N) is 1. The maximum Gasteiger partial charge on any atom is 0.241 e. The summed E-state index contributed by atoms with van der Waals surface area (Å²) in [5.74, 6) is 1.48. The average Bonchev–Trinajstić information content (AvgIpc) is 3.26. The standard InChI is InChI=1S/C18H26N2O/c1-11(2)14-5-9-16(10-6-14)17-19-12(3)18(21)20(17)13(4)15-7-8-15/h5-6,9-13,15,17,19H,7-8H2,1-4H3. The Bertz CT molecular complexity index is 519. The molecule has 1 aliphatic heterocycles. The molecule has 1 saturated heterocycles. The highest BCUT2D eigenvalue weighted by molar-refractivity contribution is 5.84. The predicted molar refractivity (Wildman–Crippen MR) is 84.9 cm³/mol. The van der Waals surface area contributed by atoms with Crippen molar-refractivity contribution >= 4 is 5.91 Å². The number of nitrogens with one attached hydrogen (secondary N) is 1. The zero-order valence-corrected chi connectivity index (χ0v) is 13.5. The molecule has 1 heterocycles. The first kappa shape index (κ1) is 14.6. The van der Waals surface area contributed by atoms with Crippen LogP contribution < -0.4 is 5.32 Å². The van der Waals surface area contributed by atoms with Gasteiger partial charge in [0.1, 0.15) is 6.17 Å². The van der Waals surface area contributed by atoms with E-state index in [1.807, 2.05) is 6.92 Å². The van der Waals surface area contributed by atoms with Gasteiger partial charge < -0.3 is 4.90 Å². The smallest absolute Gasteiger partial charge is 0.241 e. The molecule has 3 atom stereocenters. The highest BCUT2D eigenvalue weighted by atomic mass is 16.2. The van der Waals surface area contributed by atoms with Crippen LogP contribution in [-0.2, 0) is 4.79 Å². The topological polar surface area (TPSA) is 32.3 Å². The zero-order valence-electron chi connectivity index (χ0n) is 13.5. The Morgan fingerprint density at radius 2 is 1.76 bits per heavy atom. The van der Waals surface area contributed by atoms with Crippen molar-refractivity contribution < 1.29 is 4.79 Å². The maximum absolute atomic E-state index is 12.5. The van der Waals surface area contributed by atoms with Crippen LogP contribution in [0.1, 0.15) is 63.7 Å². The Balaban J connectivity index is 1.86. The van der Waals surface area contributed by atoms with Gasteiger partial charge in [-0.15, -0.1) is 0 Å². The molecule has 3 heteroatoms. The molecule has 3 unspecified atom stereocenters. The van der Waals surface area contributed by atoms with Crippen molar-refractivity contribution in [2.24, 2.45) is 5.92 Å². The van der Waals surface area contributed by atoms with E-state index < -0.39 is 0 Å². The minimum atomic E-state index is -0.0824. The minimum Gasteiger partial charge on any atom is -0.319 e. The molecular weight excluding hydrogens is 260 g/mol. The van der Waals surface area contributed by atoms with Crippen molar-refractivity contribution in [3.8, 4) is 0 Å². The third-order valence-corrected chi connectivity index (χ3v) is 4.97. The van der Waals surface area contributed by atoms with E-state index in [0.717, 1.165) is 0 Å². The van der Waals surface area contributed by atoms with E-state index in [9.17, 15) is 4.79 Å². The Labute approximate surface area is 127 Å². The number of carbonyl (C=O) groups excluding carboxylic acids is 1. The van der Waals surface area contributed by atoms with Gasteiger partial charge in [-0.1, -0.05) is 38.1 Å². The summed E-state index contributed by atoms with van der Waals surface area (Å²) in [6.07, 6.45) is 2.56. The Morgan fingerprint density at radius 3 is 2.29 bits per heavy atom. The van der Waals surface area contributed by atoms with Crippen molar-refractivity contribution in [3.05, 3.63) is 35.4 Å². The number of amides is 1. The second-order valence-corrected chi connectivity index (χ2v) is 6.94. The SMILES string of the molecule is CC1NC(c2ccc(C(C)C)cc2)N(C(C)C2CC2)C1=O. The lowest BCUT2D eigenvalue weighted by atomic mass is 10.0. The molecular formula is C18H26N2O. The first-order valence-corrected chi connectivity index (χ1v) is 8.17. The molecule has 0 bridgehead atoms. The second kappa shape index (κ2) is 5.45. The van der Waals surface area contributed by atoms with E-state index >= 15 is 0 Å². The van der Waals surface area contributed by atoms with Crippen LogP contribution in [-0.4, -0.2) is 22.9 Å². The molecule has 21 heavy (non-hydrogen) atoms. The average molecular weight is 286 g/mol. The van der Waals surface area contributed by atoms with E-state index in [0.29, 0.717) is 17.9 Å². The van der Waals surface area contributed by atoms with Crippen molar-refractivity contribution in [3.63, 3.8) is 0 Å². The summed E-state index contributed by atoms with van der Waals surface area (Å²) in [4.78, 5) is 14.6. The Morgan fingerprint density at radius 1 is 1.14 bits per heavy atom. The molecule has 0 spiro atoms. The summed E-state index contributed by atoms with van der Waals surface area (Å²) in [6.45, 7) is 8.58. The van der Waals surface area contributed by atoms with Gasteiger partial charge >= 0.3 is 0 Å². The van der Waals surface area contributed by atoms with Crippen LogP contribution in [0.4, 0.5) is 0 Å². The molecule has 1 aliphatic carbocycles. The molecule has 1 aromatic rings. The minimum absolute atomic E-state index is 0.0318. The van der Waals surface area contributed by atoms with Gasteiger partial charge in [-0.2, -0.15) is 0 Å². The van der Waals surface area contributed by atoms with Gasteiger partial charge in [-0.25, -0.2) is 0 Å². The van der Waals surface area contributed by atoms with Gasteiger partial charge in [-0.05, 0) is 49.7 Å². The van der Waals surface area contributed by atoms with Crippen LogP contribution in [0.2, 0.25) is 0 Å². The van der Waals surface area contributed by atoms with E-state index in [-0.39, 0.29) is 18.1 Å². The number of hydrogen-bond acceptors (Lipinski definition) is 2. The molecule has 2 fully saturated rings. The second-order valence-electron chi connectivity index (χ2n) is 6.94. The summed E-state index contributed by atoms with van der Waals surface area (Å²) in [7, 11) is 0. The summed E-state index contributed by atoms with van der Waals surface area (Å²) in [5.41, 5.74) is 2.54. The van der Waals surface area contributed by atoms with Gasteiger partial charge in [0, 0.05) is 6.04 Å². The monoisotopic (exact) mass is 286 g/mol. The summed E-state index contributed by atoms with van der Waals surface area (Å²) in [5, 5.41) is 3.46. The largest absolute Gasteiger partial charge is 0.319 e. The van der Waals surface area contributed by atoms with Crippen LogP contribution >= 0.6 is 0 Å². The predicted octanol–water partition coefficient (Wildman–Crippen LogP) is 3.43. The normalized spacial score (nSPS) is 27.5. The fraction of sp³-hybridized carbons (Fsp3) is 0.611. The van der Waals surface area contributed by atoms with Crippen LogP contribution in [0, 0.1) is 5.92 Å². The molecule has 2 aliphatic rings. The van der Waals surface area contributed by atoms with E-state index in [2.05, 4.69) is 55.3 Å². The van der Waals surface area contributed by atoms with Crippen molar-refractivity contribution in [1.82, 2.24) is 10.2 Å². The summed E-state index contributed by atoms with van der Waals surface area (Å²) < 4.78 is 0.